The zero-order valence-electron chi connectivity index (χ0n) is 18.1. The van der Waals surface area contributed by atoms with Crippen LogP contribution in [0, 0.1) is 0 Å². The molecule has 3 aromatic rings. The van der Waals surface area contributed by atoms with E-state index in [1.807, 2.05) is 13.0 Å². The summed E-state index contributed by atoms with van der Waals surface area (Å²) in [5, 5.41) is 8.05. The average molecular weight is 482 g/mol. The summed E-state index contributed by atoms with van der Waals surface area (Å²) in [6, 6.07) is 8.08. The number of benzene rings is 1. The Hall–Kier alpha value is -3.20. The Morgan fingerprint density at radius 2 is 1.67 bits per heavy atom. The summed E-state index contributed by atoms with van der Waals surface area (Å²) in [7, 11) is 0. The van der Waals surface area contributed by atoms with Crippen LogP contribution in [0.4, 0.5) is 13.2 Å². The predicted molar refractivity (Wildman–Crippen MR) is 118 cm³/mol. The molecule has 0 aliphatic carbocycles. The highest BCUT2D eigenvalue weighted by Crippen LogP contribution is 2.31. The summed E-state index contributed by atoms with van der Waals surface area (Å²) in [5.74, 6) is -0.219. The number of rotatable bonds is 7. The first-order valence-corrected chi connectivity index (χ1v) is 10.5. The predicted octanol–water partition coefficient (Wildman–Crippen LogP) is 6.16. The Balaban J connectivity index is 0.000000890. The molecular formula is C23H23ClF3N3O3. The van der Waals surface area contributed by atoms with Gasteiger partial charge in [0.2, 0.25) is 5.88 Å². The fourth-order valence-corrected chi connectivity index (χ4v) is 3.11. The van der Waals surface area contributed by atoms with Crippen molar-refractivity contribution in [1.29, 1.82) is 0 Å². The number of hydrogen-bond donors (Lipinski definition) is 1. The van der Waals surface area contributed by atoms with Gasteiger partial charge in [-0.05, 0) is 55.5 Å². The lowest BCUT2D eigenvalue weighted by atomic mass is 10.1. The van der Waals surface area contributed by atoms with Crippen LogP contribution in [0.2, 0.25) is 5.02 Å². The number of carboxylic acids is 1. The molecule has 0 amide bonds. The third-order valence-electron chi connectivity index (χ3n) is 4.35. The van der Waals surface area contributed by atoms with Crippen molar-refractivity contribution in [1.82, 2.24) is 15.0 Å². The second kappa shape index (κ2) is 12.2. The number of hydrogen-bond acceptors (Lipinski definition) is 5. The summed E-state index contributed by atoms with van der Waals surface area (Å²) in [5.41, 5.74) is 1.99. The number of aryl methyl sites for hydroxylation is 3. The molecule has 2 aromatic heterocycles. The van der Waals surface area contributed by atoms with E-state index in [4.69, 9.17) is 26.2 Å². The highest BCUT2D eigenvalue weighted by atomic mass is 35.5. The summed E-state index contributed by atoms with van der Waals surface area (Å²) in [6.45, 7) is 3.08. The lowest BCUT2D eigenvalue weighted by Gasteiger charge is -2.09. The molecule has 10 heteroatoms. The van der Waals surface area contributed by atoms with Crippen molar-refractivity contribution in [3.8, 4) is 11.6 Å². The van der Waals surface area contributed by atoms with Crippen LogP contribution in [0.5, 0.6) is 11.6 Å². The molecule has 0 aliphatic rings. The maximum atomic E-state index is 12.6. The maximum Gasteiger partial charge on any atom is 0.416 e. The standard InChI is InChI=1S/C21H19ClF3N3O.C2H4O2/c1-2-17-20(22)18(28-13-27-17)5-3-4-14-6-11-19(26-12-14)29-16-9-7-15(8-10-16)21(23,24)25;1-2(3)4/h6-13H,2-5H2,1H3;1H3,(H,3,4). The normalized spacial score (nSPS) is 10.8. The maximum absolute atomic E-state index is 12.6. The second-order valence-electron chi connectivity index (χ2n) is 6.94. The molecule has 0 unspecified atom stereocenters. The summed E-state index contributed by atoms with van der Waals surface area (Å²) in [6.07, 6.45) is 1.99. The van der Waals surface area contributed by atoms with Gasteiger partial charge >= 0.3 is 6.18 Å². The first-order chi connectivity index (χ1) is 15.6. The molecule has 0 saturated carbocycles. The molecular weight excluding hydrogens is 459 g/mol. The number of aliphatic carboxylic acids is 1. The molecule has 6 nitrogen and oxygen atoms in total. The van der Waals surface area contributed by atoms with Crippen molar-refractivity contribution in [2.75, 3.05) is 0 Å². The molecule has 0 radical (unpaired) electrons. The average Bonchev–Trinajstić information content (AvgIpc) is 2.75. The third kappa shape index (κ3) is 8.69. The Morgan fingerprint density at radius 1 is 1.03 bits per heavy atom. The van der Waals surface area contributed by atoms with Gasteiger partial charge in [0.1, 0.15) is 12.1 Å². The van der Waals surface area contributed by atoms with Gasteiger partial charge in [0.15, 0.2) is 0 Å². The van der Waals surface area contributed by atoms with Crippen molar-refractivity contribution >= 4 is 17.6 Å². The highest BCUT2D eigenvalue weighted by molar-refractivity contribution is 6.31. The van der Waals surface area contributed by atoms with Crippen molar-refractivity contribution in [3.05, 3.63) is 76.5 Å². The smallest absolute Gasteiger partial charge is 0.416 e. The van der Waals surface area contributed by atoms with Crippen LogP contribution in [-0.2, 0) is 30.2 Å². The Morgan fingerprint density at radius 3 is 2.21 bits per heavy atom. The van der Waals surface area contributed by atoms with Gasteiger partial charge in [0.05, 0.1) is 22.0 Å². The van der Waals surface area contributed by atoms with Crippen LogP contribution >= 0.6 is 11.6 Å². The molecule has 176 valence electrons. The van der Waals surface area contributed by atoms with Gasteiger partial charge in [0.25, 0.3) is 5.97 Å². The molecule has 0 bridgehead atoms. The van der Waals surface area contributed by atoms with E-state index >= 15 is 0 Å². The van der Waals surface area contributed by atoms with Gasteiger partial charge in [-0.3, -0.25) is 4.79 Å². The molecule has 0 fully saturated rings. The van der Waals surface area contributed by atoms with E-state index in [9.17, 15) is 13.2 Å². The first-order valence-electron chi connectivity index (χ1n) is 10.1. The van der Waals surface area contributed by atoms with Crippen molar-refractivity contribution in [2.24, 2.45) is 0 Å². The van der Waals surface area contributed by atoms with Crippen molar-refractivity contribution in [3.63, 3.8) is 0 Å². The quantitative estimate of drug-likeness (QED) is 0.434. The SMILES string of the molecule is CC(=O)O.CCc1ncnc(CCCc2ccc(Oc3ccc(C(F)(F)F)cc3)nc2)c1Cl. The minimum atomic E-state index is -4.37. The first kappa shape index (κ1) is 26.1. The summed E-state index contributed by atoms with van der Waals surface area (Å²) >= 11 is 6.31. The minimum absolute atomic E-state index is 0.295. The van der Waals surface area contributed by atoms with Gasteiger partial charge in [-0.2, -0.15) is 13.2 Å². The molecule has 0 spiro atoms. The van der Waals surface area contributed by atoms with Gasteiger partial charge in [-0.1, -0.05) is 24.6 Å². The Labute approximate surface area is 194 Å². The molecule has 1 N–H and O–H groups in total. The highest BCUT2D eigenvalue weighted by Gasteiger charge is 2.30. The van der Waals surface area contributed by atoms with Gasteiger partial charge in [0, 0.05) is 19.2 Å². The second-order valence-corrected chi connectivity index (χ2v) is 7.31. The number of pyridine rings is 1. The fourth-order valence-electron chi connectivity index (χ4n) is 2.78. The van der Waals surface area contributed by atoms with Gasteiger partial charge in [-0.15, -0.1) is 0 Å². The van der Waals surface area contributed by atoms with E-state index in [-0.39, 0.29) is 0 Å². The van der Waals surface area contributed by atoms with Crippen molar-refractivity contribution in [2.45, 2.75) is 45.7 Å². The number of nitrogens with zero attached hydrogens (tertiary/aromatic N) is 3. The van der Waals surface area contributed by atoms with E-state index in [0.29, 0.717) is 16.7 Å². The lowest BCUT2D eigenvalue weighted by molar-refractivity contribution is -0.137. The van der Waals surface area contributed by atoms with Gasteiger partial charge in [-0.25, -0.2) is 15.0 Å². The zero-order chi connectivity index (χ0) is 24.4. The molecule has 0 atom stereocenters. The summed E-state index contributed by atoms with van der Waals surface area (Å²) < 4.78 is 43.3. The van der Waals surface area contributed by atoms with Crippen LogP contribution in [0.15, 0.2) is 48.9 Å². The number of halogens is 4. The van der Waals surface area contributed by atoms with Crippen LogP contribution in [-0.4, -0.2) is 26.0 Å². The Bertz CT molecular complexity index is 1040. The van der Waals surface area contributed by atoms with Crippen LogP contribution in [0.25, 0.3) is 0 Å². The third-order valence-corrected chi connectivity index (χ3v) is 4.79. The monoisotopic (exact) mass is 481 g/mol. The number of carboxylic acid groups (broad SMARTS) is 1. The number of alkyl halides is 3. The fraction of sp³-hybridized carbons (Fsp3) is 0.304. The van der Waals surface area contributed by atoms with Gasteiger partial charge < -0.3 is 9.84 Å². The van der Waals surface area contributed by atoms with Crippen LogP contribution in [0.3, 0.4) is 0 Å². The number of carbonyl (C=O) groups is 1. The molecule has 3 rings (SSSR count). The van der Waals surface area contributed by atoms with E-state index < -0.39 is 17.7 Å². The van der Waals surface area contributed by atoms with E-state index in [2.05, 4.69) is 15.0 Å². The molecule has 33 heavy (non-hydrogen) atoms. The van der Waals surface area contributed by atoms with E-state index in [1.165, 1.54) is 18.5 Å². The molecule has 0 aliphatic heterocycles. The number of ether oxygens (including phenoxy) is 1. The Kier molecular flexibility index (Phi) is 9.59. The number of aromatic nitrogens is 3. The topological polar surface area (TPSA) is 85.2 Å². The zero-order valence-corrected chi connectivity index (χ0v) is 18.8. The minimum Gasteiger partial charge on any atom is -0.481 e. The molecule has 2 heterocycles. The molecule has 1 aromatic carbocycles. The lowest BCUT2D eigenvalue weighted by Crippen LogP contribution is -2.04. The summed E-state index contributed by atoms with van der Waals surface area (Å²) in [4.78, 5) is 21.6. The van der Waals surface area contributed by atoms with Crippen LogP contribution < -0.4 is 4.74 Å². The van der Waals surface area contributed by atoms with Crippen molar-refractivity contribution < 1.29 is 27.8 Å². The largest absolute Gasteiger partial charge is 0.481 e. The van der Waals surface area contributed by atoms with E-state index in [0.717, 1.165) is 61.7 Å². The van der Waals surface area contributed by atoms with E-state index in [1.54, 1.807) is 12.3 Å². The van der Waals surface area contributed by atoms with Crippen LogP contribution in [0.1, 0.15) is 42.8 Å². The molecule has 0 saturated heterocycles.